The molecule has 9 heteroatoms. The summed E-state index contributed by atoms with van der Waals surface area (Å²) in [6.45, 7) is 7.20. The second kappa shape index (κ2) is 10.5. The Labute approximate surface area is 189 Å². The van der Waals surface area contributed by atoms with E-state index in [1.165, 1.54) is 0 Å². The summed E-state index contributed by atoms with van der Waals surface area (Å²) in [5, 5.41) is 5.54. The first-order valence-electron chi connectivity index (χ1n) is 11.8. The molecule has 0 aromatic heterocycles. The van der Waals surface area contributed by atoms with Gasteiger partial charge in [-0.15, -0.1) is 0 Å². The van der Waals surface area contributed by atoms with Crippen LogP contribution in [0.4, 0.5) is 8.78 Å². The van der Waals surface area contributed by atoms with Gasteiger partial charge in [0.25, 0.3) is 0 Å². The minimum atomic E-state index is -2.40. The van der Waals surface area contributed by atoms with Crippen LogP contribution in [0.5, 0.6) is 0 Å². The molecule has 182 valence electrons. The van der Waals surface area contributed by atoms with Gasteiger partial charge < -0.3 is 10.1 Å². The number of hydrogen-bond acceptors (Lipinski definition) is 6. The van der Waals surface area contributed by atoms with Crippen LogP contribution in [0.2, 0.25) is 0 Å². The number of hydrogen-bond donors (Lipinski definition) is 2. The van der Waals surface area contributed by atoms with Crippen LogP contribution in [-0.4, -0.2) is 66.4 Å². The number of piperidine rings is 2. The number of amides is 2. The molecule has 7 nitrogen and oxygen atoms in total. The molecule has 32 heavy (non-hydrogen) atoms. The van der Waals surface area contributed by atoms with Gasteiger partial charge in [-0.1, -0.05) is 0 Å². The third-order valence-corrected chi connectivity index (χ3v) is 6.97. The zero-order chi connectivity index (χ0) is 23.5. The predicted octanol–water partition coefficient (Wildman–Crippen LogP) is 2.48. The highest BCUT2D eigenvalue weighted by molar-refractivity contribution is 6.00. The summed E-state index contributed by atoms with van der Waals surface area (Å²) in [4.78, 5) is 37.5. The Morgan fingerprint density at radius 1 is 1.16 bits per heavy atom. The lowest BCUT2D eigenvalue weighted by Gasteiger charge is -2.44. The summed E-state index contributed by atoms with van der Waals surface area (Å²) < 4.78 is 33.4. The lowest BCUT2D eigenvalue weighted by molar-refractivity contribution is -0.156. The smallest absolute Gasteiger partial charge is 0.320 e. The van der Waals surface area contributed by atoms with Crippen molar-refractivity contribution >= 4 is 17.8 Å². The fourth-order valence-corrected chi connectivity index (χ4v) is 5.49. The van der Waals surface area contributed by atoms with Crippen LogP contribution in [0.3, 0.4) is 0 Å². The maximum absolute atomic E-state index is 14.0. The van der Waals surface area contributed by atoms with Gasteiger partial charge in [-0.2, -0.15) is 0 Å². The number of halogens is 2. The van der Waals surface area contributed by atoms with Gasteiger partial charge in [0.15, 0.2) is 0 Å². The molecule has 1 saturated carbocycles. The van der Waals surface area contributed by atoms with Crippen molar-refractivity contribution in [1.82, 2.24) is 15.5 Å². The van der Waals surface area contributed by atoms with Crippen molar-refractivity contribution in [3.63, 3.8) is 0 Å². The van der Waals surface area contributed by atoms with Crippen LogP contribution in [0.1, 0.15) is 65.7 Å². The first-order chi connectivity index (χ1) is 15.0. The highest BCUT2D eigenvalue weighted by atomic mass is 19.3. The molecule has 2 aliphatic heterocycles. The van der Waals surface area contributed by atoms with E-state index in [2.05, 4.69) is 15.5 Å². The molecule has 3 fully saturated rings. The van der Waals surface area contributed by atoms with E-state index >= 15 is 0 Å². The molecule has 0 spiro atoms. The molecule has 2 N–H and O–H groups in total. The van der Waals surface area contributed by atoms with Gasteiger partial charge in [0.1, 0.15) is 5.60 Å². The van der Waals surface area contributed by atoms with E-state index in [0.29, 0.717) is 32.4 Å². The van der Waals surface area contributed by atoms with Gasteiger partial charge in [0, 0.05) is 18.4 Å². The number of rotatable bonds is 6. The molecule has 2 saturated heterocycles. The number of nitrogens with zero attached hydrogens (tertiary/aromatic N) is 1. The predicted molar refractivity (Wildman–Crippen MR) is 115 cm³/mol. The third kappa shape index (κ3) is 6.94. The quantitative estimate of drug-likeness (QED) is 0.471. The number of esters is 1. The number of carbonyl (C=O) groups is 3. The molecule has 0 aromatic rings. The Morgan fingerprint density at radius 2 is 1.84 bits per heavy atom. The summed E-state index contributed by atoms with van der Waals surface area (Å²) in [5.41, 5.74) is -0.513. The lowest BCUT2D eigenvalue weighted by atomic mass is 9.68. The zero-order valence-corrected chi connectivity index (χ0v) is 19.4. The first-order valence-corrected chi connectivity index (χ1v) is 11.8. The molecule has 0 bridgehead atoms. The highest BCUT2D eigenvalue weighted by Crippen LogP contribution is 2.42. The second-order valence-electron chi connectivity index (χ2n) is 10.5. The molecular formula is C23H37F2N3O4. The fraction of sp³-hybridized carbons (Fsp3) is 0.870. The van der Waals surface area contributed by atoms with Crippen LogP contribution in [0, 0.1) is 17.8 Å². The van der Waals surface area contributed by atoms with Crippen molar-refractivity contribution in [1.29, 1.82) is 0 Å². The van der Waals surface area contributed by atoms with Gasteiger partial charge in [-0.3, -0.25) is 24.6 Å². The first kappa shape index (κ1) is 25.0. The van der Waals surface area contributed by atoms with E-state index in [1.54, 1.807) is 0 Å². The van der Waals surface area contributed by atoms with Gasteiger partial charge in [0.2, 0.25) is 18.2 Å². The van der Waals surface area contributed by atoms with Gasteiger partial charge in [0.05, 0.1) is 12.6 Å². The van der Waals surface area contributed by atoms with E-state index < -0.39 is 24.0 Å². The topological polar surface area (TPSA) is 87.7 Å². The maximum Gasteiger partial charge on any atom is 0.320 e. The molecule has 4 unspecified atom stereocenters. The summed E-state index contributed by atoms with van der Waals surface area (Å²) in [6.07, 6.45) is 1.72. The number of imide groups is 1. The average molecular weight is 458 g/mol. The number of alkyl halides is 2. The van der Waals surface area contributed by atoms with Gasteiger partial charge in [-0.25, -0.2) is 8.78 Å². The largest absolute Gasteiger partial charge is 0.459 e. The maximum atomic E-state index is 14.0. The van der Waals surface area contributed by atoms with Gasteiger partial charge in [-0.05, 0) is 84.2 Å². The van der Waals surface area contributed by atoms with Crippen LogP contribution in [-0.2, 0) is 19.1 Å². The van der Waals surface area contributed by atoms with E-state index in [-0.39, 0.29) is 48.6 Å². The molecule has 3 rings (SSSR count). The Kier molecular flexibility index (Phi) is 8.25. The summed E-state index contributed by atoms with van der Waals surface area (Å²) >= 11 is 0. The molecule has 4 atom stereocenters. The van der Waals surface area contributed by atoms with Gasteiger partial charge >= 0.3 is 5.97 Å². The molecular weight excluding hydrogens is 420 g/mol. The Bertz CT molecular complexity index is 689. The Morgan fingerprint density at radius 3 is 2.44 bits per heavy atom. The Balaban J connectivity index is 1.49. The SMILES string of the molecule is CC(C)(C)OC(=O)CN1CCC(C2CCC(NC3CCC(=O)NC3=O)CC2C(F)F)CC1. The van der Waals surface area contributed by atoms with Crippen LogP contribution < -0.4 is 10.6 Å². The summed E-state index contributed by atoms with van der Waals surface area (Å²) in [6, 6.07) is -0.620. The highest BCUT2D eigenvalue weighted by Gasteiger charge is 2.42. The Hall–Kier alpha value is -1.61. The molecule has 2 heterocycles. The van der Waals surface area contributed by atoms with E-state index in [1.807, 2.05) is 20.8 Å². The van der Waals surface area contributed by atoms with Crippen LogP contribution in [0.15, 0.2) is 0 Å². The van der Waals surface area contributed by atoms with Crippen LogP contribution >= 0.6 is 0 Å². The normalized spacial score (nSPS) is 30.9. The summed E-state index contributed by atoms with van der Waals surface area (Å²) in [5.74, 6) is -1.40. The molecule has 1 aliphatic carbocycles. The number of nitrogens with one attached hydrogen (secondary N) is 2. The van der Waals surface area contributed by atoms with E-state index in [4.69, 9.17) is 4.74 Å². The zero-order valence-electron chi connectivity index (χ0n) is 19.4. The standard InChI is InChI=1S/C23H37F2N3O4/c1-23(2,3)32-20(30)13-28-10-8-14(9-11-28)16-5-4-15(12-17(16)21(24)25)26-18-6-7-19(29)27-22(18)31/h14-18,21,26H,4-13H2,1-3H3,(H,27,29,31). The lowest BCUT2D eigenvalue weighted by Crippen LogP contribution is -2.55. The van der Waals surface area contributed by atoms with Crippen molar-refractivity contribution in [3.05, 3.63) is 0 Å². The fourth-order valence-electron chi connectivity index (χ4n) is 5.49. The average Bonchev–Trinajstić information content (AvgIpc) is 2.69. The van der Waals surface area contributed by atoms with E-state index in [9.17, 15) is 23.2 Å². The molecule has 0 aromatic carbocycles. The third-order valence-electron chi connectivity index (χ3n) is 6.97. The van der Waals surface area contributed by atoms with Crippen molar-refractivity contribution in [2.45, 2.75) is 89.8 Å². The number of likely N-dealkylation sites (tertiary alicyclic amines) is 1. The minimum Gasteiger partial charge on any atom is -0.459 e. The van der Waals surface area contributed by atoms with Crippen molar-refractivity contribution in [2.75, 3.05) is 19.6 Å². The van der Waals surface area contributed by atoms with E-state index in [0.717, 1.165) is 19.3 Å². The number of ether oxygens (including phenoxy) is 1. The molecule has 3 aliphatic rings. The van der Waals surface area contributed by atoms with Crippen LogP contribution in [0.25, 0.3) is 0 Å². The molecule has 0 radical (unpaired) electrons. The number of carbonyl (C=O) groups excluding carboxylic acids is 3. The molecule has 2 amide bonds. The monoisotopic (exact) mass is 457 g/mol. The second-order valence-corrected chi connectivity index (χ2v) is 10.5. The van der Waals surface area contributed by atoms with Crippen molar-refractivity contribution < 1.29 is 27.9 Å². The minimum absolute atomic E-state index is 0.0431. The van der Waals surface area contributed by atoms with Crippen molar-refractivity contribution in [2.24, 2.45) is 17.8 Å². The van der Waals surface area contributed by atoms with Crippen molar-refractivity contribution in [3.8, 4) is 0 Å². The summed E-state index contributed by atoms with van der Waals surface area (Å²) in [7, 11) is 0.